The van der Waals surface area contributed by atoms with Gasteiger partial charge in [0.2, 0.25) is 0 Å². The molecule has 0 bridgehead atoms. The Morgan fingerprint density at radius 2 is 1.74 bits per heavy atom. The van der Waals surface area contributed by atoms with Crippen LogP contribution in [-0.2, 0) is 23.8 Å². The minimum Gasteiger partial charge on any atom is -0.414 e. The van der Waals surface area contributed by atoms with Gasteiger partial charge in [0.05, 0.1) is 6.54 Å². The summed E-state index contributed by atoms with van der Waals surface area (Å²) in [4.78, 5) is 32.9. The van der Waals surface area contributed by atoms with Gasteiger partial charge in [-0.15, -0.1) is 0 Å². The van der Waals surface area contributed by atoms with Crippen LogP contribution in [-0.4, -0.2) is 54.2 Å². The highest BCUT2D eigenvalue weighted by Crippen LogP contribution is 2.50. The van der Waals surface area contributed by atoms with Gasteiger partial charge in [0.25, 0.3) is 0 Å². The average molecular weight is 418 g/mol. The van der Waals surface area contributed by atoms with Crippen LogP contribution in [0.15, 0.2) is 0 Å². The fourth-order valence-corrected chi connectivity index (χ4v) is 1.47. The van der Waals surface area contributed by atoms with Crippen molar-refractivity contribution in [2.24, 2.45) is 0 Å². The Balaban J connectivity index is 2.80. The van der Waals surface area contributed by atoms with Gasteiger partial charge in [-0.25, -0.2) is 9.59 Å². The summed E-state index contributed by atoms with van der Waals surface area (Å²) in [5, 5.41) is 1.20. The number of carbonyl (C=O) groups is 3. The number of alkyl halides is 7. The third-order valence-corrected chi connectivity index (χ3v) is 2.77. The molecule has 0 unspecified atom stereocenters. The summed E-state index contributed by atoms with van der Waals surface area (Å²) in [6.45, 7) is -1.14. The van der Waals surface area contributed by atoms with Gasteiger partial charge in [-0.2, -0.15) is 26.3 Å². The summed E-state index contributed by atoms with van der Waals surface area (Å²) in [7, 11) is 0. The Labute approximate surface area is 131 Å². The lowest BCUT2D eigenvalue weighted by molar-refractivity contribution is -0.439. The lowest BCUT2D eigenvalue weighted by Crippen LogP contribution is -2.58. The van der Waals surface area contributed by atoms with Crippen molar-refractivity contribution < 1.29 is 54.9 Å². The molecule has 132 valence electrons. The highest BCUT2D eigenvalue weighted by molar-refractivity contribution is 9.09. The second kappa shape index (κ2) is 6.51. The molecule has 1 saturated heterocycles. The molecule has 0 saturated carbocycles. The number of hydrogen-bond acceptors (Lipinski definition) is 6. The maximum atomic E-state index is 12.6. The van der Waals surface area contributed by atoms with Gasteiger partial charge in [0.1, 0.15) is 5.33 Å². The second-order valence-corrected chi connectivity index (χ2v) is 4.48. The normalized spacial score (nSPS) is 20.8. The SMILES string of the molecule is O=C(CBr)OC(=O)NC[C@@H]1OC(C(F)(F)F)(C(F)(F)F)OC1=O. The first kappa shape index (κ1) is 19.5. The van der Waals surface area contributed by atoms with Gasteiger partial charge >= 0.3 is 36.2 Å². The van der Waals surface area contributed by atoms with E-state index in [4.69, 9.17) is 0 Å². The molecule has 0 radical (unpaired) electrons. The molecule has 1 amide bonds. The summed E-state index contributed by atoms with van der Waals surface area (Å²) in [6.07, 6.45) is -16.1. The second-order valence-electron chi connectivity index (χ2n) is 3.92. The Hall–Kier alpha value is -1.57. The Morgan fingerprint density at radius 1 is 1.22 bits per heavy atom. The predicted octanol–water partition coefficient (Wildman–Crippen LogP) is 1.40. The van der Waals surface area contributed by atoms with Crippen molar-refractivity contribution >= 4 is 34.0 Å². The number of alkyl carbamates (subject to hydrolysis) is 1. The van der Waals surface area contributed by atoms with Crippen molar-refractivity contribution in [2.75, 3.05) is 11.9 Å². The summed E-state index contributed by atoms with van der Waals surface area (Å²) in [5.74, 6) is -8.21. The molecular weight excluding hydrogens is 412 g/mol. The number of esters is 2. The lowest BCUT2D eigenvalue weighted by atomic mass is 10.2. The molecule has 0 aromatic rings. The van der Waals surface area contributed by atoms with E-state index in [0.29, 0.717) is 0 Å². The highest BCUT2D eigenvalue weighted by atomic mass is 79.9. The first-order chi connectivity index (χ1) is 10.3. The number of cyclic esters (lactones) is 1. The molecule has 0 aromatic carbocycles. The van der Waals surface area contributed by atoms with Crippen LogP contribution in [0.3, 0.4) is 0 Å². The zero-order valence-electron chi connectivity index (χ0n) is 10.6. The van der Waals surface area contributed by atoms with Gasteiger partial charge in [0.15, 0.2) is 6.10 Å². The highest BCUT2D eigenvalue weighted by Gasteiger charge is 2.80. The smallest absolute Gasteiger partial charge is 0.414 e. The minimum atomic E-state index is -6.10. The van der Waals surface area contributed by atoms with E-state index in [-0.39, 0.29) is 0 Å². The van der Waals surface area contributed by atoms with Crippen molar-refractivity contribution in [2.45, 2.75) is 24.2 Å². The molecule has 0 aliphatic carbocycles. The quantitative estimate of drug-likeness (QED) is 0.323. The maximum Gasteiger partial charge on any atom is 0.465 e. The zero-order chi connectivity index (χ0) is 18.1. The van der Waals surface area contributed by atoms with Crippen LogP contribution in [0, 0.1) is 0 Å². The molecule has 1 fully saturated rings. The number of carbonyl (C=O) groups excluding carboxylic acids is 3. The molecule has 1 N–H and O–H groups in total. The molecule has 0 aromatic heterocycles. The third-order valence-electron chi connectivity index (χ3n) is 2.31. The fourth-order valence-electron chi connectivity index (χ4n) is 1.36. The standard InChI is InChI=1S/C9H6BrF6NO6/c10-1-4(18)21-6(20)17-2-3-5(19)23-7(22-3,8(11,12)13)9(14,15)16/h3H,1-2H2,(H,17,20)/t3-/m0/s1. The predicted molar refractivity (Wildman–Crippen MR) is 59.1 cm³/mol. The van der Waals surface area contributed by atoms with Crippen LogP contribution in [0.2, 0.25) is 0 Å². The summed E-state index contributed by atoms with van der Waals surface area (Å²) < 4.78 is 86.6. The number of nitrogens with one attached hydrogen (secondary N) is 1. The number of halogens is 7. The molecule has 1 aliphatic rings. The van der Waals surface area contributed by atoms with Gasteiger partial charge in [-0.05, 0) is 0 Å². The van der Waals surface area contributed by atoms with E-state index in [2.05, 4.69) is 30.1 Å². The Bertz CT molecular complexity index is 492. The number of ether oxygens (including phenoxy) is 3. The van der Waals surface area contributed by atoms with E-state index >= 15 is 0 Å². The monoisotopic (exact) mass is 417 g/mol. The van der Waals surface area contributed by atoms with Crippen molar-refractivity contribution in [1.82, 2.24) is 5.32 Å². The summed E-state index contributed by atoms with van der Waals surface area (Å²) >= 11 is 2.63. The van der Waals surface area contributed by atoms with E-state index in [0.717, 1.165) is 0 Å². The molecule has 23 heavy (non-hydrogen) atoms. The maximum absolute atomic E-state index is 12.6. The topological polar surface area (TPSA) is 90.9 Å². The number of amides is 1. The summed E-state index contributed by atoms with van der Waals surface area (Å²) in [6, 6.07) is 0. The number of hydrogen-bond donors (Lipinski definition) is 1. The van der Waals surface area contributed by atoms with Crippen LogP contribution in [0.4, 0.5) is 31.1 Å². The first-order valence-electron chi connectivity index (χ1n) is 5.42. The van der Waals surface area contributed by atoms with Crippen LogP contribution < -0.4 is 5.32 Å². The van der Waals surface area contributed by atoms with E-state index in [1.807, 2.05) is 0 Å². The average Bonchev–Trinajstić information content (AvgIpc) is 2.74. The van der Waals surface area contributed by atoms with Gasteiger partial charge in [0, 0.05) is 0 Å². The minimum absolute atomic E-state index is 0.395. The van der Waals surface area contributed by atoms with Gasteiger partial charge < -0.3 is 19.5 Å². The fraction of sp³-hybridized carbons (Fsp3) is 0.667. The molecule has 0 spiro atoms. The van der Waals surface area contributed by atoms with Crippen molar-refractivity contribution in [3.8, 4) is 0 Å². The molecular formula is C9H6BrF6NO6. The molecule has 1 rings (SSSR count). The van der Waals surface area contributed by atoms with Gasteiger partial charge in [-0.1, -0.05) is 15.9 Å². The van der Waals surface area contributed by atoms with Crippen LogP contribution in [0.5, 0.6) is 0 Å². The van der Waals surface area contributed by atoms with Crippen LogP contribution >= 0.6 is 15.9 Å². The van der Waals surface area contributed by atoms with Crippen LogP contribution in [0.25, 0.3) is 0 Å². The molecule has 1 heterocycles. The lowest BCUT2D eigenvalue weighted by Gasteiger charge is -2.30. The molecule has 1 atom stereocenters. The Kier molecular flexibility index (Phi) is 5.51. The van der Waals surface area contributed by atoms with E-state index in [9.17, 15) is 40.7 Å². The van der Waals surface area contributed by atoms with E-state index in [1.54, 1.807) is 5.32 Å². The summed E-state index contributed by atoms with van der Waals surface area (Å²) in [5.41, 5.74) is 0. The van der Waals surface area contributed by atoms with Crippen molar-refractivity contribution in [3.05, 3.63) is 0 Å². The van der Waals surface area contributed by atoms with Crippen molar-refractivity contribution in [3.63, 3.8) is 0 Å². The molecule has 7 nitrogen and oxygen atoms in total. The first-order valence-corrected chi connectivity index (χ1v) is 6.55. The zero-order valence-corrected chi connectivity index (χ0v) is 12.2. The van der Waals surface area contributed by atoms with Gasteiger partial charge in [-0.3, -0.25) is 4.79 Å². The van der Waals surface area contributed by atoms with Crippen LogP contribution in [0.1, 0.15) is 0 Å². The third kappa shape index (κ3) is 4.04. The molecule has 1 aliphatic heterocycles. The van der Waals surface area contributed by atoms with Crippen molar-refractivity contribution in [1.29, 1.82) is 0 Å². The van der Waals surface area contributed by atoms with E-state index in [1.165, 1.54) is 0 Å². The Morgan fingerprint density at radius 3 is 2.13 bits per heavy atom. The number of rotatable bonds is 3. The molecule has 14 heteroatoms. The largest absolute Gasteiger partial charge is 0.465 e. The van der Waals surface area contributed by atoms with E-state index < -0.39 is 54.2 Å².